The molecule has 7 nitrogen and oxygen atoms in total. The van der Waals surface area contributed by atoms with E-state index < -0.39 is 28.9 Å². The molecule has 0 saturated carbocycles. The molecule has 0 N–H and O–H groups in total. The lowest BCUT2D eigenvalue weighted by Crippen LogP contribution is -2.40. The second-order valence-electron chi connectivity index (χ2n) is 9.23. The number of aromatic nitrogens is 2. The monoisotopic (exact) mass is 416 g/mol. The SMILES string of the molecule is CCCc1c(Cc2ccccc2)n(C(=O)OC(C)(C)C)n(C(=O)OC(C)(C)C)c1=O. The van der Waals surface area contributed by atoms with Gasteiger partial charge >= 0.3 is 12.2 Å². The fourth-order valence-electron chi connectivity index (χ4n) is 3.03. The zero-order chi connectivity index (χ0) is 22.7. The van der Waals surface area contributed by atoms with E-state index in [1.807, 2.05) is 37.3 Å². The van der Waals surface area contributed by atoms with Crippen LogP contribution in [0.15, 0.2) is 35.1 Å². The van der Waals surface area contributed by atoms with Gasteiger partial charge in [-0.15, -0.1) is 4.68 Å². The Morgan fingerprint density at radius 1 is 0.867 bits per heavy atom. The Kier molecular flexibility index (Phi) is 6.95. The van der Waals surface area contributed by atoms with Crippen LogP contribution in [0.4, 0.5) is 9.59 Å². The molecular formula is C23H32N2O5. The van der Waals surface area contributed by atoms with Crippen LogP contribution in [0, 0.1) is 0 Å². The largest absolute Gasteiger partial charge is 0.442 e. The van der Waals surface area contributed by atoms with Gasteiger partial charge in [0, 0.05) is 12.0 Å². The van der Waals surface area contributed by atoms with Gasteiger partial charge in [-0.05, 0) is 53.5 Å². The first-order valence-corrected chi connectivity index (χ1v) is 10.2. The molecular weight excluding hydrogens is 384 g/mol. The van der Waals surface area contributed by atoms with Crippen molar-refractivity contribution in [3.05, 3.63) is 57.5 Å². The lowest BCUT2D eigenvalue weighted by Gasteiger charge is -2.23. The maximum Gasteiger partial charge on any atom is 0.437 e. The van der Waals surface area contributed by atoms with E-state index in [-0.39, 0.29) is 0 Å². The minimum atomic E-state index is -0.907. The summed E-state index contributed by atoms with van der Waals surface area (Å²) in [6.07, 6.45) is -0.280. The van der Waals surface area contributed by atoms with Crippen molar-refractivity contribution in [1.82, 2.24) is 9.36 Å². The number of rotatable bonds is 4. The maximum absolute atomic E-state index is 13.2. The molecule has 2 rings (SSSR count). The van der Waals surface area contributed by atoms with Crippen molar-refractivity contribution in [2.24, 2.45) is 0 Å². The molecule has 0 unspecified atom stereocenters. The van der Waals surface area contributed by atoms with Gasteiger partial charge in [-0.1, -0.05) is 43.7 Å². The Labute approximate surface area is 177 Å². The Hall–Kier alpha value is -2.83. The Bertz CT molecular complexity index is 956. The summed E-state index contributed by atoms with van der Waals surface area (Å²) in [6, 6.07) is 9.48. The standard InChI is InChI=1S/C23H32N2O5/c1-8-12-17-18(15-16-13-10-9-11-14-16)24(20(27)29-22(2,3)4)25(19(17)26)21(28)30-23(5,6)7/h9-11,13-14H,8,12,15H2,1-7H3. The maximum atomic E-state index is 13.2. The highest BCUT2D eigenvalue weighted by atomic mass is 16.6. The smallest absolute Gasteiger partial charge is 0.437 e. The predicted octanol–water partition coefficient (Wildman–Crippen LogP) is 4.76. The van der Waals surface area contributed by atoms with Gasteiger partial charge < -0.3 is 9.47 Å². The van der Waals surface area contributed by atoms with Crippen molar-refractivity contribution < 1.29 is 19.1 Å². The molecule has 0 atom stereocenters. The van der Waals surface area contributed by atoms with E-state index in [0.717, 1.165) is 14.9 Å². The fourth-order valence-corrected chi connectivity index (χ4v) is 3.03. The van der Waals surface area contributed by atoms with Gasteiger partial charge in [0.2, 0.25) is 0 Å². The van der Waals surface area contributed by atoms with Crippen LogP contribution in [-0.4, -0.2) is 32.8 Å². The quantitative estimate of drug-likeness (QED) is 0.718. The molecule has 2 aromatic rings. The van der Waals surface area contributed by atoms with Crippen LogP contribution in [0.1, 0.15) is 71.7 Å². The minimum Gasteiger partial charge on any atom is -0.442 e. The Balaban J connectivity index is 2.73. The summed E-state index contributed by atoms with van der Waals surface area (Å²) in [5.41, 5.74) is -0.419. The number of nitrogens with zero attached hydrogens (tertiary/aromatic N) is 2. The van der Waals surface area contributed by atoms with Crippen LogP contribution in [-0.2, 0) is 22.3 Å². The number of benzene rings is 1. The molecule has 30 heavy (non-hydrogen) atoms. The molecule has 0 saturated heterocycles. The van der Waals surface area contributed by atoms with Crippen molar-refractivity contribution in [3.8, 4) is 0 Å². The average Bonchev–Trinajstić information content (AvgIpc) is 2.86. The van der Waals surface area contributed by atoms with Crippen molar-refractivity contribution >= 4 is 12.2 Å². The molecule has 1 heterocycles. The van der Waals surface area contributed by atoms with Gasteiger partial charge in [0.25, 0.3) is 5.56 Å². The summed E-state index contributed by atoms with van der Waals surface area (Å²) in [6.45, 7) is 12.2. The molecule has 1 aromatic carbocycles. The van der Waals surface area contributed by atoms with Crippen molar-refractivity contribution in [1.29, 1.82) is 0 Å². The Morgan fingerprint density at radius 3 is 1.83 bits per heavy atom. The van der Waals surface area contributed by atoms with E-state index in [4.69, 9.17) is 9.47 Å². The van der Waals surface area contributed by atoms with Crippen LogP contribution in [0.3, 0.4) is 0 Å². The van der Waals surface area contributed by atoms with E-state index in [0.29, 0.717) is 30.5 Å². The Morgan fingerprint density at radius 2 is 1.37 bits per heavy atom. The lowest BCUT2D eigenvalue weighted by atomic mass is 10.0. The number of hydrogen-bond acceptors (Lipinski definition) is 5. The molecule has 0 radical (unpaired) electrons. The molecule has 164 valence electrons. The highest BCUT2D eigenvalue weighted by molar-refractivity contribution is 5.78. The first-order valence-electron chi connectivity index (χ1n) is 10.2. The molecule has 0 spiro atoms. The van der Waals surface area contributed by atoms with Crippen LogP contribution < -0.4 is 5.56 Å². The number of hydrogen-bond donors (Lipinski definition) is 0. The molecule has 0 amide bonds. The summed E-state index contributed by atoms with van der Waals surface area (Å²) in [5.74, 6) is 0. The number of carbonyl (C=O) groups is 2. The van der Waals surface area contributed by atoms with Gasteiger partial charge in [0.15, 0.2) is 0 Å². The molecule has 0 aliphatic rings. The third-order valence-electron chi connectivity index (χ3n) is 4.10. The summed E-state index contributed by atoms with van der Waals surface area (Å²) >= 11 is 0. The molecule has 0 bridgehead atoms. The number of ether oxygens (including phenoxy) is 2. The van der Waals surface area contributed by atoms with Gasteiger partial charge in [-0.2, -0.15) is 4.68 Å². The predicted molar refractivity (Wildman–Crippen MR) is 115 cm³/mol. The van der Waals surface area contributed by atoms with Crippen LogP contribution >= 0.6 is 0 Å². The van der Waals surface area contributed by atoms with Crippen LogP contribution in [0.2, 0.25) is 0 Å². The van der Waals surface area contributed by atoms with Gasteiger partial charge in [-0.25, -0.2) is 9.59 Å². The highest BCUT2D eigenvalue weighted by Gasteiger charge is 2.32. The van der Waals surface area contributed by atoms with E-state index in [9.17, 15) is 14.4 Å². The first-order chi connectivity index (χ1) is 13.8. The minimum absolute atomic E-state index is 0.306. The molecule has 0 fully saturated rings. The summed E-state index contributed by atoms with van der Waals surface area (Å²) in [7, 11) is 0. The normalized spacial score (nSPS) is 12.0. The van der Waals surface area contributed by atoms with E-state index in [1.54, 1.807) is 41.5 Å². The van der Waals surface area contributed by atoms with Gasteiger partial charge in [0.1, 0.15) is 11.2 Å². The van der Waals surface area contributed by atoms with Crippen molar-refractivity contribution in [3.63, 3.8) is 0 Å². The van der Waals surface area contributed by atoms with Gasteiger partial charge in [-0.3, -0.25) is 4.79 Å². The summed E-state index contributed by atoms with van der Waals surface area (Å²) in [5, 5.41) is 0. The molecule has 1 aromatic heterocycles. The zero-order valence-electron chi connectivity index (χ0n) is 18.9. The second kappa shape index (κ2) is 8.90. The van der Waals surface area contributed by atoms with E-state index >= 15 is 0 Å². The summed E-state index contributed by atoms with van der Waals surface area (Å²) in [4.78, 5) is 39.2. The van der Waals surface area contributed by atoms with E-state index in [1.165, 1.54) is 0 Å². The van der Waals surface area contributed by atoms with Crippen molar-refractivity contribution in [2.45, 2.75) is 78.9 Å². The van der Waals surface area contributed by atoms with Crippen LogP contribution in [0.5, 0.6) is 0 Å². The molecule has 0 aliphatic carbocycles. The summed E-state index contributed by atoms with van der Waals surface area (Å²) < 4.78 is 12.8. The average molecular weight is 417 g/mol. The van der Waals surface area contributed by atoms with Crippen molar-refractivity contribution in [2.75, 3.05) is 0 Å². The van der Waals surface area contributed by atoms with Gasteiger partial charge in [0.05, 0.1) is 5.69 Å². The second-order valence-corrected chi connectivity index (χ2v) is 9.23. The lowest BCUT2D eigenvalue weighted by molar-refractivity contribution is 0.0358. The van der Waals surface area contributed by atoms with E-state index in [2.05, 4.69) is 0 Å². The fraction of sp³-hybridized carbons (Fsp3) is 0.522. The third-order valence-corrected chi connectivity index (χ3v) is 4.10. The third kappa shape index (κ3) is 5.84. The topological polar surface area (TPSA) is 79.5 Å². The number of carbonyl (C=O) groups excluding carboxylic acids is 2. The zero-order valence-corrected chi connectivity index (χ0v) is 18.9. The first kappa shape index (κ1) is 23.4. The highest BCUT2D eigenvalue weighted by Crippen LogP contribution is 2.19. The van der Waals surface area contributed by atoms with Crippen LogP contribution in [0.25, 0.3) is 0 Å². The molecule has 7 heteroatoms. The molecule has 0 aliphatic heterocycles.